The normalized spacial score (nSPS) is 16.0. The standard InChI is InChI=1S/C22H28FN5O.HI/c1-24-22(27-19-11-14-28(16-19)20-5-3-2-4-6-20)26-13-12-25-21(29)15-17-7-9-18(23)10-8-17;/h2-10,19H,11-16H2,1H3,(H,25,29)(H2,24,26,27);1H. The highest BCUT2D eigenvalue weighted by Crippen LogP contribution is 2.19. The van der Waals surface area contributed by atoms with Gasteiger partial charge < -0.3 is 20.9 Å². The van der Waals surface area contributed by atoms with Crippen LogP contribution < -0.4 is 20.9 Å². The summed E-state index contributed by atoms with van der Waals surface area (Å²) in [4.78, 5) is 18.6. The van der Waals surface area contributed by atoms with E-state index >= 15 is 0 Å². The number of halogens is 2. The van der Waals surface area contributed by atoms with Gasteiger partial charge >= 0.3 is 0 Å². The van der Waals surface area contributed by atoms with Gasteiger partial charge in [0, 0.05) is 45.0 Å². The average molecular weight is 525 g/mol. The first-order valence-corrected chi connectivity index (χ1v) is 9.92. The lowest BCUT2D eigenvalue weighted by Gasteiger charge is -2.20. The molecule has 6 nitrogen and oxygen atoms in total. The molecule has 1 amide bonds. The second-order valence-corrected chi connectivity index (χ2v) is 7.06. The van der Waals surface area contributed by atoms with Crippen molar-refractivity contribution in [1.82, 2.24) is 16.0 Å². The van der Waals surface area contributed by atoms with Gasteiger partial charge in [-0.05, 0) is 36.2 Å². The molecule has 0 saturated carbocycles. The third-order valence-electron chi connectivity index (χ3n) is 4.89. The maximum Gasteiger partial charge on any atom is 0.224 e. The lowest BCUT2D eigenvalue weighted by molar-refractivity contribution is -0.120. The number of nitrogens with one attached hydrogen (secondary N) is 3. The molecule has 3 rings (SSSR count). The molecule has 1 aliphatic rings. The molecule has 3 N–H and O–H groups in total. The van der Waals surface area contributed by atoms with Gasteiger partial charge in [0.15, 0.2) is 5.96 Å². The first kappa shape index (κ1) is 23.9. The Hall–Kier alpha value is -2.36. The summed E-state index contributed by atoms with van der Waals surface area (Å²) < 4.78 is 12.9. The molecule has 0 bridgehead atoms. The number of anilines is 1. The van der Waals surface area contributed by atoms with Crippen LogP contribution in [-0.4, -0.2) is 51.1 Å². The Bertz CT molecular complexity index is 816. The van der Waals surface area contributed by atoms with Gasteiger partial charge in [-0.15, -0.1) is 24.0 Å². The van der Waals surface area contributed by atoms with E-state index in [-0.39, 0.29) is 42.1 Å². The molecular weight excluding hydrogens is 496 g/mol. The summed E-state index contributed by atoms with van der Waals surface area (Å²) >= 11 is 0. The smallest absolute Gasteiger partial charge is 0.224 e. The molecule has 1 saturated heterocycles. The van der Waals surface area contributed by atoms with Crippen molar-refractivity contribution in [2.24, 2.45) is 4.99 Å². The van der Waals surface area contributed by atoms with Crippen LogP contribution in [0.5, 0.6) is 0 Å². The van der Waals surface area contributed by atoms with E-state index in [2.05, 4.69) is 50.1 Å². The Kier molecular flexibility index (Phi) is 9.85. The van der Waals surface area contributed by atoms with Crippen molar-refractivity contribution in [1.29, 1.82) is 0 Å². The van der Waals surface area contributed by atoms with Gasteiger partial charge in [-0.2, -0.15) is 0 Å². The molecule has 30 heavy (non-hydrogen) atoms. The van der Waals surface area contributed by atoms with E-state index in [1.165, 1.54) is 17.8 Å². The second-order valence-electron chi connectivity index (χ2n) is 7.06. The minimum absolute atomic E-state index is 0. The number of amides is 1. The van der Waals surface area contributed by atoms with E-state index in [4.69, 9.17) is 0 Å². The van der Waals surface area contributed by atoms with Gasteiger partial charge in [0.25, 0.3) is 0 Å². The number of hydrogen-bond acceptors (Lipinski definition) is 3. The Morgan fingerprint density at radius 2 is 1.80 bits per heavy atom. The van der Waals surface area contributed by atoms with Crippen LogP contribution in [0.1, 0.15) is 12.0 Å². The summed E-state index contributed by atoms with van der Waals surface area (Å²) in [6.07, 6.45) is 1.29. The van der Waals surface area contributed by atoms with E-state index in [1.807, 2.05) is 6.07 Å². The van der Waals surface area contributed by atoms with Crippen LogP contribution in [0.15, 0.2) is 59.6 Å². The molecule has 1 aliphatic heterocycles. The van der Waals surface area contributed by atoms with Crippen molar-refractivity contribution in [3.05, 3.63) is 66.0 Å². The monoisotopic (exact) mass is 525 g/mol. The first-order valence-electron chi connectivity index (χ1n) is 9.92. The number of carbonyl (C=O) groups excluding carboxylic acids is 1. The SMILES string of the molecule is CN=C(NCCNC(=O)Cc1ccc(F)cc1)NC1CCN(c2ccccc2)C1.I. The minimum Gasteiger partial charge on any atom is -0.369 e. The number of benzene rings is 2. The number of rotatable bonds is 7. The van der Waals surface area contributed by atoms with Crippen molar-refractivity contribution in [3.63, 3.8) is 0 Å². The summed E-state index contributed by atoms with van der Waals surface area (Å²) in [6, 6.07) is 16.7. The molecule has 162 valence electrons. The molecule has 2 aromatic carbocycles. The molecule has 2 aromatic rings. The fraction of sp³-hybridized carbons (Fsp3) is 0.364. The van der Waals surface area contributed by atoms with Crippen LogP contribution in [0.4, 0.5) is 10.1 Å². The molecule has 1 fully saturated rings. The topological polar surface area (TPSA) is 68.8 Å². The predicted molar refractivity (Wildman–Crippen MR) is 130 cm³/mol. The molecule has 1 unspecified atom stereocenters. The Labute approximate surface area is 194 Å². The lowest BCUT2D eigenvalue weighted by atomic mass is 10.1. The van der Waals surface area contributed by atoms with Gasteiger partial charge in [-0.25, -0.2) is 4.39 Å². The van der Waals surface area contributed by atoms with Gasteiger partial charge in [0.2, 0.25) is 5.91 Å². The third kappa shape index (κ3) is 7.47. The fourth-order valence-corrected chi connectivity index (χ4v) is 3.37. The van der Waals surface area contributed by atoms with Crippen molar-refractivity contribution < 1.29 is 9.18 Å². The number of para-hydroxylation sites is 1. The Morgan fingerprint density at radius 3 is 2.50 bits per heavy atom. The minimum atomic E-state index is -0.300. The first-order chi connectivity index (χ1) is 14.1. The summed E-state index contributed by atoms with van der Waals surface area (Å²) in [6.45, 7) is 3.00. The van der Waals surface area contributed by atoms with Crippen molar-refractivity contribution in [2.45, 2.75) is 18.9 Å². The zero-order valence-corrected chi connectivity index (χ0v) is 19.4. The highest BCUT2D eigenvalue weighted by molar-refractivity contribution is 14.0. The van der Waals surface area contributed by atoms with Crippen LogP contribution in [0.25, 0.3) is 0 Å². The van der Waals surface area contributed by atoms with Gasteiger partial charge in [-0.3, -0.25) is 9.79 Å². The fourth-order valence-electron chi connectivity index (χ4n) is 3.37. The van der Waals surface area contributed by atoms with Crippen molar-refractivity contribution in [2.75, 3.05) is 38.1 Å². The molecule has 0 aromatic heterocycles. The van der Waals surface area contributed by atoms with Gasteiger partial charge in [0.05, 0.1) is 6.42 Å². The second kappa shape index (κ2) is 12.4. The molecule has 8 heteroatoms. The summed E-state index contributed by atoms with van der Waals surface area (Å²) in [7, 11) is 1.74. The van der Waals surface area contributed by atoms with E-state index in [0.717, 1.165) is 31.0 Å². The third-order valence-corrected chi connectivity index (χ3v) is 4.89. The molecule has 0 radical (unpaired) electrons. The summed E-state index contributed by atoms with van der Waals surface area (Å²) in [5, 5.41) is 9.54. The van der Waals surface area contributed by atoms with Crippen LogP contribution in [0.3, 0.4) is 0 Å². The molecule has 0 aliphatic carbocycles. The van der Waals surface area contributed by atoms with Gasteiger partial charge in [-0.1, -0.05) is 30.3 Å². The Morgan fingerprint density at radius 1 is 1.10 bits per heavy atom. The van der Waals surface area contributed by atoms with Crippen molar-refractivity contribution >= 4 is 41.5 Å². The quantitative estimate of drug-likeness (QED) is 0.225. The predicted octanol–water partition coefficient (Wildman–Crippen LogP) is 2.55. The summed E-state index contributed by atoms with van der Waals surface area (Å²) in [5.41, 5.74) is 2.03. The number of carbonyl (C=O) groups is 1. The molecule has 1 atom stereocenters. The zero-order valence-electron chi connectivity index (χ0n) is 17.1. The van der Waals surface area contributed by atoms with Crippen molar-refractivity contribution in [3.8, 4) is 0 Å². The molecule has 0 spiro atoms. The van der Waals surface area contributed by atoms with Crippen LogP contribution in [-0.2, 0) is 11.2 Å². The average Bonchev–Trinajstić information content (AvgIpc) is 3.21. The zero-order chi connectivity index (χ0) is 20.5. The number of guanidine groups is 1. The highest BCUT2D eigenvalue weighted by atomic mass is 127. The highest BCUT2D eigenvalue weighted by Gasteiger charge is 2.23. The number of hydrogen-bond donors (Lipinski definition) is 3. The molecular formula is C22H29FIN5O. The van der Waals surface area contributed by atoms with Crippen LogP contribution >= 0.6 is 24.0 Å². The van der Waals surface area contributed by atoms with E-state index in [9.17, 15) is 9.18 Å². The molecule has 1 heterocycles. The van der Waals surface area contributed by atoms with Gasteiger partial charge in [0.1, 0.15) is 5.82 Å². The van der Waals surface area contributed by atoms with Crippen LogP contribution in [0.2, 0.25) is 0 Å². The van der Waals surface area contributed by atoms with E-state index in [0.29, 0.717) is 19.1 Å². The number of nitrogens with zero attached hydrogens (tertiary/aromatic N) is 2. The van der Waals surface area contributed by atoms with Crippen LogP contribution in [0, 0.1) is 5.82 Å². The summed E-state index contributed by atoms with van der Waals surface area (Å²) in [5.74, 6) is 0.347. The maximum atomic E-state index is 12.9. The Balaban J connectivity index is 0.00000320. The largest absolute Gasteiger partial charge is 0.369 e. The lowest BCUT2D eigenvalue weighted by Crippen LogP contribution is -2.46. The van der Waals surface area contributed by atoms with E-state index < -0.39 is 0 Å². The maximum absolute atomic E-state index is 12.9. The number of aliphatic imine (C=N–C) groups is 1. The van der Waals surface area contributed by atoms with E-state index in [1.54, 1.807) is 19.2 Å².